The monoisotopic (exact) mass is 391 g/mol. The highest BCUT2D eigenvalue weighted by atomic mass is 16.1. The van der Waals surface area contributed by atoms with Crippen molar-refractivity contribution in [2.75, 3.05) is 46.3 Å². The Labute approximate surface area is 172 Å². The van der Waals surface area contributed by atoms with E-state index in [0.29, 0.717) is 18.7 Å². The average Bonchev–Trinajstić information content (AvgIpc) is 3.13. The minimum Gasteiger partial charge on any atom is -0.351 e. The van der Waals surface area contributed by atoms with Crippen molar-refractivity contribution in [1.29, 1.82) is 0 Å². The second kappa shape index (κ2) is 8.76. The van der Waals surface area contributed by atoms with Crippen molar-refractivity contribution in [3.05, 3.63) is 65.4 Å². The number of hydrogen-bond donors (Lipinski definition) is 1. The topological polar surface area (TPSA) is 53.4 Å². The number of aryl methyl sites for hydroxylation is 1. The zero-order valence-corrected chi connectivity index (χ0v) is 17.3. The summed E-state index contributed by atoms with van der Waals surface area (Å²) in [6.45, 7) is 8.66. The van der Waals surface area contributed by atoms with Crippen LogP contribution < -0.4 is 5.32 Å². The molecule has 6 nitrogen and oxygen atoms in total. The number of rotatable bonds is 6. The summed E-state index contributed by atoms with van der Waals surface area (Å²) in [5, 5.41) is 8.63. The van der Waals surface area contributed by atoms with Crippen LogP contribution in [0.4, 0.5) is 0 Å². The molecule has 0 atom stereocenters. The highest BCUT2D eigenvalue weighted by Gasteiger charge is 2.14. The van der Waals surface area contributed by atoms with Crippen LogP contribution in [0.3, 0.4) is 0 Å². The molecule has 1 aromatic heterocycles. The smallest absolute Gasteiger partial charge is 0.251 e. The van der Waals surface area contributed by atoms with Crippen molar-refractivity contribution in [1.82, 2.24) is 24.9 Å². The van der Waals surface area contributed by atoms with Gasteiger partial charge in [0.25, 0.3) is 5.91 Å². The molecule has 0 bridgehead atoms. The van der Waals surface area contributed by atoms with E-state index in [1.807, 2.05) is 29.1 Å². The van der Waals surface area contributed by atoms with Crippen molar-refractivity contribution in [2.45, 2.75) is 13.5 Å². The summed E-state index contributed by atoms with van der Waals surface area (Å²) in [7, 11) is 2.15. The number of likely N-dealkylation sites (N-methyl/N-ethyl adjacent to an activating group) is 1. The standard InChI is InChI=1S/C23H29N5O/c1-18-3-5-19(6-4-18)17-28-22-15-20(7-8-21(22)16-25-28)23(29)24-9-10-27-13-11-26(2)12-14-27/h3-8,15-16H,9-14,17H2,1-2H3,(H,24,29). The quantitative estimate of drug-likeness (QED) is 0.701. The predicted molar refractivity (Wildman–Crippen MR) is 116 cm³/mol. The molecule has 1 aliphatic rings. The van der Waals surface area contributed by atoms with Crippen LogP contribution in [0.15, 0.2) is 48.7 Å². The van der Waals surface area contributed by atoms with Crippen LogP contribution in [0.2, 0.25) is 0 Å². The molecule has 2 heterocycles. The van der Waals surface area contributed by atoms with E-state index in [9.17, 15) is 4.79 Å². The number of hydrogen-bond acceptors (Lipinski definition) is 4. The van der Waals surface area contributed by atoms with Gasteiger partial charge in [0, 0.05) is 50.2 Å². The van der Waals surface area contributed by atoms with E-state index in [0.717, 1.165) is 43.6 Å². The van der Waals surface area contributed by atoms with Gasteiger partial charge in [0.05, 0.1) is 18.3 Å². The van der Waals surface area contributed by atoms with Gasteiger partial charge < -0.3 is 10.2 Å². The maximum absolute atomic E-state index is 12.6. The molecular weight excluding hydrogens is 362 g/mol. The summed E-state index contributed by atoms with van der Waals surface area (Å²) in [6, 6.07) is 14.3. The van der Waals surface area contributed by atoms with Gasteiger partial charge in [-0.05, 0) is 31.7 Å². The number of piperazine rings is 1. The Hall–Kier alpha value is -2.70. The molecule has 1 amide bonds. The first-order valence-electron chi connectivity index (χ1n) is 10.3. The van der Waals surface area contributed by atoms with E-state index in [2.05, 4.69) is 58.5 Å². The van der Waals surface area contributed by atoms with Crippen molar-refractivity contribution >= 4 is 16.8 Å². The van der Waals surface area contributed by atoms with Crippen molar-refractivity contribution < 1.29 is 4.79 Å². The lowest BCUT2D eigenvalue weighted by Gasteiger charge is -2.32. The predicted octanol–water partition coefficient (Wildman–Crippen LogP) is 2.37. The summed E-state index contributed by atoms with van der Waals surface area (Å²) >= 11 is 0. The molecule has 29 heavy (non-hydrogen) atoms. The zero-order chi connectivity index (χ0) is 20.2. The molecule has 3 aromatic rings. The maximum atomic E-state index is 12.6. The molecule has 6 heteroatoms. The molecule has 1 aliphatic heterocycles. The fourth-order valence-corrected chi connectivity index (χ4v) is 3.71. The molecule has 152 valence electrons. The Morgan fingerprint density at radius 2 is 1.83 bits per heavy atom. The van der Waals surface area contributed by atoms with Gasteiger partial charge in [-0.1, -0.05) is 35.9 Å². The second-order valence-corrected chi connectivity index (χ2v) is 7.96. The molecule has 0 radical (unpaired) electrons. The third-order valence-electron chi connectivity index (χ3n) is 5.67. The Morgan fingerprint density at radius 3 is 2.59 bits per heavy atom. The minimum absolute atomic E-state index is 0.0240. The van der Waals surface area contributed by atoms with Gasteiger partial charge in [0.2, 0.25) is 0 Å². The SMILES string of the molecule is Cc1ccc(Cn2ncc3ccc(C(=O)NCCN4CCN(C)CC4)cc32)cc1. The van der Waals surface area contributed by atoms with Gasteiger partial charge in [0.15, 0.2) is 0 Å². The Kier molecular flexibility index (Phi) is 5.92. The summed E-state index contributed by atoms with van der Waals surface area (Å²) in [6.07, 6.45) is 1.86. The van der Waals surface area contributed by atoms with Crippen LogP contribution in [-0.2, 0) is 6.54 Å². The number of benzene rings is 2. The third kappa shape index (κ3) is 4.83. The molecule has 1 fully saturated rings. The number of carbonyl (C=O) groups excluding carboxylic acids is 1. The molecule has 0 spiro atoms. The Morgan fingerprint density at radius 1 is 1.07 bits per heavy atom. The second-order valence-electron chi connectivity index (χ2n) is 7.96. The molecule has 1 saturated heterocycles. The van der Waals surface area contributed by atoms with Crippen LogP contribution in [-0.4, -0.2) is 71.8 Å². The number of fused-ring (bicyclic) bond motifs is 1. The molecule has 4 rings (SSSR count). The first-order valence-corrected chi connectivity index (χ1v) is 10.3. The lowest BCUT2D eigenvalue weighted by Crippen LogP contribution is -2.46. The highest BCUT2D eigenvalue weighted by Crippen LogP contribution is 2.17. The average molecular weight is 392 g/mol. The van der Waals surface area contributed by atoms with E-state index < -0.39 is 0 Å². The van der Waals surface area contributed by atoms with Crippen molar-refractivity contribution in [3.8, 4) is 0 Å². The van der Waals surface area contributed by atoms with Crippen molar-refractivity contribution in [3.63, 3.8) is 0 Å². The van der Waals surface area contributed by atoms with E-state index >= 15 is 0 Å². The third-order valence-corrected chi connectivity index (χ3v) is 5.67. The van der Waals surface area contributed by atoms with Crippen molar-refractivity contribution in [2.24, 2.45) is 0 Å². The van der Waals surface area contributed by atoms with E-state index in [1.54, 1.807) is 0 Å². The fraction of sp³-hybridized carbons (Fsp3) is 0.391. The van der Waals surface area contributed by atoms with E-state index in [4.69, 9.17) is 0 Å². The number of nitrogens with one attached hydrogen (secondary N) is 1. The summed E-state index contributed by atoms with van der Waals surface area (Å²) in [4.78, 5) is 17.4. The van der Waals surface area contributed by atoms with E-state index in [-0.39, 0.29) is 5.91 Å². The van der Waals surface area contributed by atoms with Gasteiger partial charge in [-0.3, -0.25) is 14.4 Å². The lowest BCUT2D eigenvalue weighted by atomic mass is 10.1. The summed E-state index contributed by atoms with van der Waals surface area (Å²) in [5.74, 6) is -0.0240. The van der Waals surface area contributed by atoms with Crippen LogP contribution in [0.1, 0.15) is 21.5 Å². The van der Waals surface area contributed by atoms with E-state index in [1.165, 1.54) is 11.1 Å². The maximum Gasteiger partial charge on any atom is 0.251 e. The first kappa shape index (κ1) is 19.6. The normalized spacial score (nSPS) is 15.7. The molecule has 0 unspecified atom stereocenters. The Bertz CT molecular complexity index is 971. The number of nitrogens with zero attached hydrogens (tertiary/aromatic N) is 4. The molecule has 1 N–H and O–H groups in total. The molecular formula is C23H29N5O. The highest BCUT2D eigenvalue weighted by molar-refractivity contribution is 5.97. The van der Waals surface area contributed by atoms with Gasteiger partial charge >= 0.3 is 0 Å². The zero-order valence-electron chi connectivity index (χ0n) is 17.3. The Balaban J connectivity index is 1.39. The van der Waals surface area contributed by atoms with Crippen LogP contribution in [0.25, 0.3) is 10.9 Å². The number of carbonyl (C=O) groups is 1. The molecule has 0 aliphatic carbocycles. The fourth-order valence-electron chi connectivity index (χ4n) is 3.71. The van der Waals surface area contributed by atoms with Crippen LogP contribution in [0, 0.1) is 6.92 Å². The van der Waals surface area contributed by atoms with Crippen LogP contribution >= 0.6 is 0 Å². The number of amides is 1. The summed E-state index contributed by atoms with van der Waals surface area (Å²) < 4.78 is 1.96. The minimum atomic E-state index is -0.0240. The molecule has 2 aromatic carbocycles. The summed E-state index contributed by atoms with van der Waals surface area (Å²) in [5.41, 5.74) is 4.11. The van der Waals surface area contributed by atoms with Crippen LogP contribution in [0.5, 0.6) is 0 Å². The van der Waals surface area contributed by atoms with Gasteiger partial charge in [-0.15, -0.1) is 0 Å². The first-order chi connectivity index (χ1) is 14.1. The number of aromatic nitrogens is 2. The molecule has 0 saturated carbocycles. The lowest BCUT2D eigenvalue weighted by molar-refractivity contribution is 0.0941. The largest absolute Gasteiger partial charge is 0.351 e. The van der Waals surface area contributed by atoms with Gasteiger partial charge in [-0.2, -0.15) is 5.10 Å². The van der Waals surface area contributed by atoms with Gasteiger partial charge in [-0.25, -0.2) is 0 Å². The van der Waals surface area contributed by atoms with Gasteiger partial charge in [0.1, 0.15) is 0 Å².